The molecule has 1 aliphatic rings. The fourth-order valence-electron chi connectivity index (χ4n) is 3.47. The van der Waals surface area contributed by atoms with Crippen molar-refractivity contribution in [2.24, 2.45) is 0 Å². The summed E-state index contributed by atoms with van der Waals surface area (Å²) in [4.78, 5) is 25.7. The highest BCUT2D eigenvalue weighted by Gasteiger charge is 2.24. The van der Waals surface area contributed by atoms with Crippen LogP contribution in [-0.2, 0) is 26.0 Å². The van der Waals surface area contributed by atoms with E-state index >= 15 is 0 Å². The first kappa shape index (κ1) is 21.8. The number of carbonyl (C=O) groups is 2. The van der Waals surface area contributed by atoms with Crippen molar-refractivity contribution in [3.8, 4) is 0 Å². The lowest BCUT2D eigenvalue weighted by atomic mass is 10.0. The number of nitrogens with zero attached hydrogens (tertiary/aromatic N) is 1. The largest absolute Gasteiger partial charge is 0.326 e. The van der Waals surface area contributed by atoms with Crippen LogP contribution in [0.3, 0.4) is 0 Å². The van der Waals surface area contributed by atoms with E-state index in [1.807, 2.05) is 13.8 Å². The smallest absolute Gasteiger partial charge is 0.261 e. The molecule has 30 heavy (non-hydrogen) atoms. The van der Waals surface area contributed by atoms with Crippen molar-refractivity contribution in [3.05, 3.63) is 48.0 Å². The Bertz CT molecular complexity index is 1030. The van der Waals surface area contributed by atoms with Gasteiger partial charge in [0.05, 0.1) is 4.90 Å². The molecule has 0 aliphatic carbocycles. The number of benzene rings is 2. The molecule has 0 radical (unpaired) electrons. The summed E-state index contributed by atoms with van der Waals surface area (Å²) in [6, 6.07) is 11.3. The quantitative estimate of drug-likeness (QED) is 0.665. The number of fused-ring (bicyclic) bond motifs is 1. The average Bonchev–Trinajstić information content (AvgIpc) is 2.70. The minimum absolute atomic E-state index is 0.101. The van der Waals surface area contributed by atoms with E-state index in [4.69, 9.17) is 0 Å². The molecule has 160 valence electrons. The Labute approximate surface area is 177 Å². The molecular formula is C22H27N3O4S. The molecule has 3 rings (SSSR count). The van der Waals surface area contributed by atoms with Gasteiger partial charge in [0.1, 0.15) is 0 Å². The van der Waals surface area contributed by atoms with Gasteiger partial charge >= 0.3 is 0 Å². The molecule has 0 aromatic heterocycles. The van der Waals surface area contributed by atoms with Crippen LogP contribution in [0.25, 0.3) is 0 Å². The zero-order valence-corrected chi connectivity index (χ0v) is 18.1. The Morgan fingerprint density at radius 2 is 1.70 bits per heavy atom. The second kappa shape index (κ2) is 9.30. The van der Waals surface area contributed by atoms with Crippen molar-refractivity contribution in [2.75, 3.05) is 21.5 Å². The van der Waals surface area contributed by atoms with Gasteiger partial charge in [-0.1, -0.05) is 13.8 Å². The number of aryl methyl sites for hydroxylation is 1. The molecular weight excluding hydrogens is 402 g/mol. The van der Waals surface area contributed by atoms with Crippen molar-refractivity contribution >= 4 is 38.9 Å². The zero-order chi connectivity index (χ0) is 21.7. The SMILES string of the molecule is CCCC(=O)Nc1ccc(S(=O)(=O)Nc2ccc3c(c2)CCC(=O)N3CCC)cc1. The van der Waals surface area contributed by atoms with Crippen LogP contribution in [0.1, 0.15) is 45.1 Å². The standard InChI is InChI=1S/C22H27N3O4S/c1-3-5-21(26)23-17-7-10-19(11-8-17)30(28,29)24-18-9-12-20-16(15-18)6-13-22(27)25(20)14-4-2/h7-12,15,24H,3-6,13-14H2,1-2H3,(H,23,26). The summed E-state index contributed by atoms with van der Waals surface area (Å²) in [5.41, 5.74) is 2.82. The lowest BCUT2D eigenvalue weighted by molar-refractivity contribution is -0.119. The molecule has 1 heterocycles. The minimum atomic E-state index is -3.77. The van der Waals surface area contributed by atoms with Crippen molar-refractivity contribution in [2.45, 2.75) is 50.8 Å². The molecule has 2 N–H and O–H groups in total. The second-order valence-corrected chi connectivity index (χ2v) is 9.00. The minimum Gasteiger partial charge on any atom is -0.326 e. The maximum atomic E-state index is 12.8. The van der Waals surface area contributed by atoms with Gasteiger partial charge in [0, 0.05) is 36.4 Å². The summed E-state index contributed by atoms with van der Waals surface area (Å²) in [7, 11) is -3.77. The fourth-order valence-corrected chi connectivity index (χ4v) is 4.52. The monoisotopic (exact) mass is 429 g/mol. The normalized spacial score (nSPS) is 13.7. The van der Waals surface area contributed by atoms with Crippen molar-refractivity contribution in [1.29, 1.82) is 0 Å². The molecule has 0 bridgehead atoms. The van der Waals surface area contributed by atoms with Crippen LogP contribution in [0.2, 0.25) is 0 Å². The molecule has 8 heteroatoms. The van der Waals surface area contributed by atoms with E-state index in [0.29, 0.717) is 37.2 Å². The number of sulfonamides is 1. The van der Waals surface area contributed by atoms with E-state index < -0.39 is 10.0 Å². The van der Waals surface area contributed by atoms with Gasteiger partial charge in [-0.25, -0.2) is 8.42 Å². The first-order valence-electron chi connectivity index (χ1n) is 10.2. The summed E-state index contributed by atoms with van der Waals surface area (Å²) in [6.45, 7) is 4.59. The summed E-state index contributed by atoms with van der Waals surface area (Å²) >= 11 is 0. The molecule has 0 atom stereocenters. The van der Waals surface area contributed by atoms with Gasteiger partial charge in [0.2, 0.25) is 11.8 Å². The highest BCUT2D eigenvalue weighted by atomic mass is 32.2. The first-order valence-corrected chi connectivity index (χ1v) is 11.7. The van der Waals surface area contributed by atoms with E-state index in [9.17, 15) is 18.0 Å². The molecule has 0 fully saturated rings. The number of carbonyl (C=O) groups excluding carboxylic acids is 2. The lowest BCUT2D eigenvalue weighted by Crippen LogP contribution is -2.35. The van der Waals surface area contributed by atoms with Gasteiger partial charge in [-0.2, -0.15) is 0 Å². The van der Waals surface area contributed by atoms with E-state index in [0.717, 1.165) is 24.1 Å². The molecule has 0 saturated heterocycles. The summed E-state index contributed by atoms with van der Waals surface area (Å²) in [6.07, 6.45) is 3.04. The molecule has 0 saturated carbocycles. The fraction of sp³-hybridized carbons (Fsp3) is 0.364. The van der Waals surface area contributed by atoms with Crippen LogP contribution in [-0.4, -0.2) is 26.8 Å². The zero-order valence-electron chi connectivity index (χ0n) is 17.3. The molecule has 2 aromatic rings. The van der Waals surface area contributed by atoms with Crippen molar-refractivity contribution < 1.29 is 18.0 Å². The number of anilines is 3. The number of hydrogen-bond donors (Lipinski definition) is 2. The number of hydrogen-bond acceptors (Lipinski definition) is 4. The van der Waals surface area contributed by atoms with Gasteiger partial charge in [0.25, 0.3) is 10.0 Å². The Hall–Kier alpha value is -2.87. The molecule has 0 unspecified atom stereocenters. The number of nitrogens with one attached hydrogen (secondary N) is 2. The van der Waals surface area contributed by atoms with Crippen LogP contribution < -0.4 is 14.9 Å². The van der Waals surface area contributed by atoms with Gasteiger partial charge < -0.3 is 10.2 Å². The van der Waals surface area contributed by atoms with Crippen LogP contribution in [0.4, 0.5) is 17.1 Å². The third kappa shape index (κ3) is 4.99. The van der Waals surface area contributed by atoms with Gasteiger partial charge in [-0.15, -0.1) is 0 Å². The Balaban J connectivity index is 1.75. The third-order valence-electron chi connectivity index (χ3n) is 4.90. The van der Waals surface area contributed by atoms with Crippen LogP contribution >= 0.6 is 0 Å². The molecule has 2 amide bonds. The highest BCUT2D eigenvalue weighted by Crippen LogP contribution is 2.31. The molecule has 0 spiro atoms. The van der Waals surface area contributed by atoms with Crippen molar-refractivity contribution in [1.82, 2.24) is 0 Å². The van der Waals surface area contributed by atoms with E-state index in [-0.39, 0.29) is 16.7 Å². The molecule has 1 aliphatic heterocycles. The topological polar surface area (TPSA) is 95.6 Å². The van der Waals surface area contributed by atoms with E-state index in [1.54, 1.807) is 35.2 Å². The van der Waals surface area contributed by atoms with E-state index in [1.165, 1.54) is 12.1 Å². The summed E-state index contributed by atoms with van der Waals surface area (Å²) < 4.78 is 28.1. The molecule has 7 nitrogen and oxygen atoms in total. The first-order chi connectivity index (χ1) is 14.3. The van der Waals surface area contributed by atoms with Gasteiger partial charge in [-0.05, 0) is 67.3 Å². The average molecular weight is 430 g/mol. The Kier molecular flexibility index (Phi) is 6.77. The van der Waals surface area contributed by atoms with Crippen LogP contribution in [0.15, 0.2) is 47.4 Å². The number of amides is 2. The molecule has 2 aromatic carbocycles. The van der Waals surface area contributed by atoms with Crippen LogP contribution in [0.5, 0.6) is 0 Å². The van der Waals surface area contributed by atoms with Crippen molar-refractivity contribution in [3.63, 3.8) is 0 Å². The van der Waals surface area contributed by atoms with Crippen LogP contribution in [0, 0.1) is 0 Å². The van der Waals surface area contributed by atoms with Gasteiger partial charge in [0.15, 0.2) is 0 Å². The third-order valence-corrected chi connectivity index (χ3v) is 6.30. The highest BCUT2D eigenvalue weighted by molar-refractivity contribution is 7.92. The maximum absolute atomic E-state index is 12.8. The Morgan fingerprint density at radius 1 is 1.00 bits per heavy atom. The number of rotatable bonds is 8. The summed E-state index contributed by atoms with van der Waals surface area (Å²) in [5, 5.41) is 2.74. The predicted molar refractivity (Wildman–Crippen MR) is 118 cm³/mol. The second-order valence-electron chi connectivity index (χ2n) is 7.32. The van der Waals surface area contributed by atoms with Gasteiger partial charge in [-0.3, -0.25) is 14.3 Å². The Morgan fingerprint density at radius 3 is 2.37 bits per heavy atom. The lowest BCUT2D eigenvalue weighted by Gasteiger charge is -2.29. The summed E-state index contributed by atoms with van der Waals surface area (Å²) in [5.74, 6) is -0.000289. The predicted octanol–water partition coefficient (Wildman–Crippen LogP) is 3.92. The van der Waals surface area contributed by atoms with E-state index in [2.05, 4.69) is 10.0 Å². The maximum Gasteiger partial charge on any atom is 0.261 e.